The van der Waals surface area contributed by atoms with Gasteiger partial charge in [0.1, 0.15) is 5.76 Å². The van der Waals surface area contributed by atoms with Crippen LogP contribution in [0.1, 0.15) is 48.5 Å². The largest absolute Gasteiger partial charge is 0.361 e. The topological polar surface area (TPSA) is 55.9 Å². The molecular weight excluding hydrogens is 228 g/mol. The highest BCUT2D eigenvalue weighted by Crippen LogP contribution is 2.24. The van der Waals surface area contributed by atoms with E-state index in [1.807, 2.05) is 38.0 Å². The fourth-order valence-electron chi connectivity index (χ4n) is 2.33. The Kier molecular flexibility index (Phi) is 3.52. The van der Waals surface area contributed by atoms with Crippen LogP contribution in [0.3, 0.4) is 0 Å². The fraction of sp³-hybridized carbons (Fsp3) is 0.538. The molecule has 0 aliphatic carbocycles. The van der Waals surface area contributed by atoms with Crippen molar-refractivity contribution in [1.82, 2.24) is 20.3 Å². The van der Waals surface area contributed by atoms with Gasteiger partial charge in [-0.25, -0.2) is 0 Å². The minimum absolute atomic E-state index is 0.200. The first-order chi connectivity index (χ1) is 8.49. The molecule has 0 aliphatic rings. The van der Waals surface area contributed by atoms with Gasteiger partial charge in [0.05, 0.1) is 11.9 Å². The molecule has 2 atom stereocenters. The molecule has 5 nitrogen and oxygen atoms in total. The van der Waals surface area contributed by atoms with E-state index in [-0.39, 0.29) is 12.1 Å². The first kappa shape index (κ1) is 12.8. The zero-order valence-electron chi connectivity index (χ0n) is 11.6. The van der Waals surface area contributed by atoms with Crippen LogP contribution in [-0.4, -0.2) is 14.9 Å². The third kappa shape index (κ3) is 2.46. The van der Waals surface area contributed by atoms with Crippen LogP contribution in [0.4, 0.5) is 0 Å². The van der Waals surface area contributed by atoms with E-state index < -0.39 is 0 Å². The quantitative estimate of drug-likeness (QED) is 0.903. The molecule has 0 bridgehead atoms. The van der Waals surface area contributed by atoms with Crippen molar-refractivity contribution in [2.45, 2.75) is 39.8 Å². The fourth-order valence-corrected chi connectivity index (χ4v) is 2.33. The molecule has 0 spiro atoms. The molecule has 2 heterocycles. The van der Waals surface area contributed by atoms with Crippen molar-refractivity contribution in [2.75, 3.05) is 0 Å². The third-order valence-electron chi connectivity index (χ3n) is 3.25. The smallest absolute Gasteiger partial charge is 0.138 e. The highest BCUT2D eigenvalue weighted by molar-refractivity contribution is 5.25. The lowest BCUT2D eigenvalue weighted by molar-refractivity contribution is 0.389. The van der Waals surface area contributed by atoms with Gasteiger partial charge in [-0.05, 0) is 27.7 Å². The number of hydrogen-bond donors (Lipinski definition) is 1. The average Bonchev–Trinajstić information content (AvgIpc) is 2.85. The molecule has 2 aromatic rings. The number of nitrogens with zero attached hydrogens (tertiary/aromatic N) is 3. The zero-order valence-corrected chi connectivity index (χ0v) is 11.6. The van der Waals surface area contributed by atoms with Crippen LogP contribution in [0, 0.1) is 13.8 Å². The van der Waals surface area contributed by atoms with Crippen molar-refractivity contribution in [2.24, 2.45) is 7.05 Å². The second-order valence-electron chi connectivity index (χ2n) is 4.80. The summed E-state index contributed by atoms with van der Waals surface area (Å²) in [4.78, 5) is 0. The van der Waals surface area contributed by atoms with Crippen LogP contribution < -0.4 is 5.32 Å². The monoisotopic (exact) mass is 248 g/mol. The molecular formula is C13H20N4O. The molecule has 2 rings (SSSR count). The van der Waals surface area contributed by atoms with Crippen molar-refractivity contribution < 1.29 is 4.52 Å². The number of hydrogen-bond acceptors (Lipinski definition) is 4. The van der Waals surface area contributed by atoms with E-state index in [0.717, 1.165) is 17.0 Å². The summed E-state index contributed by atoms with van der Waals surface area (Å²) in [7, 11) is 1.92. The van der Waals surface area contributed by atoms with Gasteiger partial charge in [0.25, 0.3) is 0 Å². The summed E-state index contributed by atoms with van der Waals surface area (Å²) in [6.45, 7) is 8.17. The first-order valence-electron chi connectivity index (χ1n) is 6.16. The van der Waals surface area contributed by atoms with Crippen molar-refractivity contribution in [3.05, 3.63) is 35.0 Å². The van der Waals surface area contributed by atoms with E-state index in [1.54, 1.807) is 0 Å². The van der Waals surface area contributed by atoms with Crippen LogP contribution in [-0.2, 0) is 7.05 Å². The Morgan fingerprint density at radius 1 is 1.28 bits per heavy atom. The third-order valence-corrected chi connectivity index (χ3v) is 3.25. The molecule has 5 heteroatoms. The van der Waals surface area contributed by atoms with E-state index in [0.29, 0.717) is 0 Å². The van der Waals surface area contributed by atoms with Crippen molar-refractivity contribution in [3.63, 3.8) is 0 Å². The Balaban J connectivity index is 2.10. The molecule has 0 saturated carbocycles. The molecule has 2 aromatic heterocycles. The Morgan fingerprint density at radius 2 is 2.00 bits per heavy atom. The normalized spacial score (nSPS) is 14.7. The van der Waals surface area contributed by atoms with Gasteiger partial charge < -0.3 is 9.84 Å². The maximum absolute atomic E-state index is 5.20. The molecule has 18 heavy (non-hydrogen) atoms. The van der Waals surface area contributed by atoms with E-state index in [4.69, 9.17) is 4.52 Å². The van der Waals surface area contributed by atoms with Crippen molar-refractivity contribution in [3.8, 4) is 0 Å². The standard InChI is InChI=1S/C13H20N4O/c1-8(12-6-14-17(5)7-12)15-9(2)13-10(3)16-18-11(13)4/h6-9,15H,1-5H3. The van der Waals surface area contributed by atoms with E-state index >= 15 is 0 Å². The van der Waals surface area contributed by atoms with Crippen molar-refractivity contribution in [1.29, 1.82) is 0 Å². The first-order valence-corrected chi connectivity index (χ1v) is 6.16. The summed E-state index contributed by atoms with van der Waals surface area (Å²) in [5, 5.41) is 11.7. The van der Waals surface area contributed by atoms with Crippen LogP contribution in [0.15, 0.2) is 16.9 Å². The molecule has 0 fully saturated rings. The van der Waals surface area contributed by atoms with Gasteiger partial charge in [0.2, 0.25) is 0 Å². The summed E-state index contributed by atoms with van der Waals surface area (Å²) in [5.41, 5.74) is 3.27. The molecule has 0 amide bonds. The predicted molar refractivity (Wildman–Crippen MR) is 69.2 cm³/mol. The lowest BCUT2D eigenvalue weighted by Crippen LogP contribution is -2.23. The van der Waals surface area contributed by atoms with E-state index in [1.165, 1.54) is 5.56 Å². The maximum Gasteiger partial charge on any atom is 0.138 e. The number of rotatable bonds is 4. The summed E-state index contributed by atoms with van der Waals surface area (Å²) in [6, 6.07) is 0.439. The molecule has 1 N–H and O–H groups in total. The summed E-state index contributed by atoms with van der Waals surface area (Å²) < 4.78 is 7.01. The van der Waals surface area contributed by atoms with Crippen LogP contribution in [0.25, 0.3) is 0 Å². The minimum atomic E-state index is 0.200. The zero-order chi connectivity index (χ0) is 13.3. The van der Waals surface area contributed by atoms with Crippen LogP contribution in [0.2, 0.25) is 0 Å². The predicted octanol–water partition coefficient (Wildman–Crippen LogP) is 2.44. The molecule has 98 valence electrons. The second-order valence-corrected chi connectivity index (χ2v) is 4.80. The van der Waals surface area contributed by atoms with Crippen molar-refractivity contribution >= 4 is 0 Å². The molecule has 0 aliphatic heterocycles. The van der Waals surface area contributed by atoms with Gasteiger partial charge in [-0.2, -0.15) is 5.10 Å². The van der Waals surface area contributed by atoms with Gasteiger partial charge in [0.15, 0.2) is 0 Å². The highest BCUT2D eigenvalue weighted by Gasteiger charge is 2.18. The SMILES string of the molecule is Cc1noc(C)c1C(C)NC(C)c1cnn(C)c1. The van der Waals surface area contributed by atoms with Gasteiger partial charge in [-0.3, -0.25) is 4.68 Å². The molecule has 0 radical (unpaired) electrons. The minimum Gasteiger partial charge on any atom is -0.361 e. The van der Waals surface area contributed by atoms with Gasteiger partial charge in [-0.1, -0.05) is 5.16 Å². The Labute approximate surface area is 107 Å². The van der Waals surface area contributed by atoms with Crippen LogP contribution >= 0.6 is 0 Å². The molecule has 2 unspecified atom stereocenters. The lowest BCUT2D eigenvalue weighted by Gasteiger charge is -2.19. The Bertz CT molecular complexity index is 509. The number of nitrogens with one attached hydrogen (secondary N) is 1. The number of aryl methyl sites for hydroxylation is 3. The van der Waals surface area contributed by atoms with E-state index in [9.17, 15) is 0 Å². The van der Waals surface area contributed by atoms with Gasteiger partial charge in [0, 0.05) is 36.5 Å². The average molecular weight is 248 g/mol. The van der Waals surface area contributed by atoms with E-state index in [2.05, 4.69) is 29.4 Å². The summed E-state index contributed by atoms with van der Waals surface area (Å²) in [5.74, 6) is 0.880. The molecule has 0 aromatic carbocycles. The Morgan fingerprint density at radius 3 is 2.50 bits per heavy atom. The van der Waals surface area contributed by atoms with Gasteiger partial charge in [-0.15, -0.1) is 0 Å². The maximum atomic E-state index is 5.20. The van der Waals surface area contributed by atoms with Crippen LogP contribution in [0.5, 0.6) is 0 Å². The summed E-state index contributed by atoms with van der Waals surface area (Å²) in [6.07, 6.45) is 3.91. The Hall–Kier alpha value is -1.62. The second kappa shape index (κ2) is 4.94. The number of aromatic nitrogens is 3. The molecule has 0 saturated heterocycles. The highest BCUT2D eigenvalue weighted by atomic mass is 16.5. The lowest BCUT2D eigenvalue weighted by atomic mass is 10.0. The summed E-state index contributed by atoms with van der Waals surface area (Å²) >= 11 is 0. The van der Waals surface area contributed by atoms with Gasteiger partial charge >= 0.3 is 0 Å².